The molecule has 0 N–H and O–H groups in total. The summed E-state index contributed by atoms with van der Waals surface area (Å²) in [4.78, 5) is 40.3. The van der Waals surface area contributed by atoms with Crippen LogP contribution in [0, 0.1) is 15.9 Å². The first-order valence-electron chi connectivity index (χ1n) is 10.3. The molecule has 33 heavy (non-hydrogen) atoms. The normalized spacial score (nSPS) is 13.6. The van der Waals surface area contributed by atoms with E-state index in [0.29, 0.717) is 17.8 Å². The Morgan fingerprint density at radius 3 is 2.15 bits per heavy atom. The summed E-state index contributed by atoms with van der Waals surface area (Å²) in [5.74, 6) is -1.65. The SMILES string of the molecule is CCN(C1=C(c2ccc([N+](=O)[O-])cc2)C(=O)N(Cc2ccccc2F)C1=O)c1ccccc1. The lowest BCUT2D eigenvalue weighted by atomic mass is 10.0. The Balaban J connectivity index is 1.83. The molecule has 0 atom stereocenters. The molecule has 0 spiro atoms. The molecule has 0 unspecified atom stereocenters. The van der Waals surface area contributed by atoms with Gasteiger partial charge in [0.1, 0.15) is 11.5 Å². The highest BCUT2D eigenvalue weighted by Crippen LogP contribution is 2.35. The van der Waals surface area contributed by atoms with Crippen LogP contribution in [0.1, 0.15) is 18.1 Å². The number of carbonyl (C=O) groups is 2. The highest BCUT2D eigenvalue weighted by molar-refractivity contribution is 6.36. The van der Waals surface area contributed by atoms with Crippen LogP contribution in [0.25, 0.3) is 5.57 Å². The zero-order valence-electron chi connectivity index (χ0n) is 17.8. The Morgan fingerprint density at radius 2 is 1.55 bits per heavy atom. The summed E-state index contributed by atoms with van der Waals surface area (Å²) < 4.78 is 14.3. The maximum absolute atomic E-state index is 14.3. The molecule has 2 amide bonds. The van der Waals surface area contributed by atoms with Crippen LogP contribution in [0.2, 0.25) is 0 Å². The van der Waals surface area contributed by atoms with E-state index in [1.807, 2.05) is 37.3 Å². The molecule has 1 aliphatic heterocycles. The molecular formula is C25H20FN3O4. The number of hydrogen-bond donors (Lipinski definition) is 0. The van der Waals surface area contributed by atoms with Gasteiger partial charge in [-0.1, -0.05) is 36.4 Å². The van der Waals surface area contributed by atoms with E-state index in [1.165, 1.54) is 42.5 Å². The van der Waals surface area contributed by atoms with Crippen molar-refractivity contribution in [2.45, 2.75) is 13.5 Å². The first kappa shape index (κ1) is 21.9. The highest BCUT2D eigenvalue weighted by Gasteiger charge is 2.42. The molecule has 0 aromatic heterocycles. The second-order valence-corrected chi connectivity index (χ2v) is 7.40. The summed E-state index contributed by atoms with van der Waals surface area (Å²) in [5, 5.41) is 11.1. The quantitative estimate of drug-likeness (QED) is 0.303. The van der Waals surface area contributed by atoms with E-state index in [9.17, 15) is 24.1 Å². The van der Waals surface area contributed by atoms with Gasteiger partial charge >= 0.3 is 0 Å². The number of imide groups is 1. The van der Waals surface area contributed by atoms with Crippen molar-refractivity contribution >= 4 is 28.8 Å². The van der Waals surface area contributed by atoms with Gasteiger partial charge in [-0.15, -0.1) is 0 Å². The predicted octanol–water partition coefficient (Wildman–Crippen LogP) is 4.54. The number of hydrogen-bond acceptors (Lipinski definition) is 5. The van der Waals surface area contributed by atoms with E-state index in [4.69, 9.17) is 0 Å². The molecular weight excluding hydrogens is 425 g/mol. The van der Waals surface area contributed by atoms with E-state index < -0.39 is 22.6 Å². The van der Waals surface area contributed by atoms with Crippen LogP contribution >= 0.6 is 0 Å². The van der Waals surface area contributed by atoms with Crippen LogP contribution in [0.3, 0.4) is 0 Å². The molecule has 4 rings (SSSR count). The molecule has 1 heterocycles. The predicted molar refractivity (Wildman–Crippen MR) is 121 cm³/mol. The van der Waals surface area contributed by atoms with Gasteiger partial charge in [0.2, 0.25) is 0 Å². The monoisotopic (exact) mass is 445 g/mol. The third-order valence-electron chi connectivity index (χ3n) is 5.45. The fourth-order valence-corrected chi connectivity index (χ4v) is 3.84. The van der Waals surface area contributed by atoms with E-state index in [-0.39, 0.29) is 29.1 Å². The van der Waals surface area contributed by atoms with Crippen LogP contribution in [0.5, 0.6) is 0 Å². The lowest BCUT2D eigenvalue weighted by Gasteiger charge is -2.25. The summed E-state index contributed by atoms with van der Waals surface area (Å²) >= 11 is 0. The van der Waals surface area contributed by atoms with Crippen molar-refractivity contribution in [2.24, 2.45) is 0 Å². The number of halogens is 1. The number of likely N-dealkylation sites (N-methyl/N-ethyl adjacent to an activating group) is 1. The van der Waals surface area contributed by atoms with Crippen LogP contribution in [0.15, 0.2) is 84.6 Å². The fraction of sp³-hybridized carbons (Fsp3) is 0.120. The lowest BCUT2D eigenvalue weighted by Crippen LogP contribution is -2.35. The minimum Gasteiger partial charge on any atom is -0.337 e. The highest BCUT2D eigenvalue weighted by atomic mass is 19.1. The molecule has 0 fully saturated rings. The summed E-state index contributed by atoms with van der Waals surface area (Å²) in [7, 11) is 0. The Bertz CT molecular complexity index is 1260. The van der Waals surface area contributed by atoms with Crippen molar-refractivity contribution < 1.29 is 18.9 Å². The first-order chi connectivity index (χ1) is 15.9. The minimum atomic E-state index is -0.582. The Kier molecular flexibility index (Phi) is 5.99. The van der Waals surface area contributed by atoms with E-state index >= 15 is 0 Å². The maximum Gasteiger partial charge on any atom is 0.278 e. The lowest BCUT2D eigenvalue weighted by molar-refractivity contribution is -0.384. The molecule has 0 radical (unpaired) electrons. The van der Waals surface area contributed by atoms with Gasteiger partial charge in [0, 0.05) is 29.9 Å². The average Bonchev–Trinajstić information content (AvgIpc) is 3.06. The standard InChI is InChI=1S/C25H20FN3O4/c1-2-27(19-9-4-3-5-10-19)23-22(17-12-14-20(15-13-17)29(32)33)24(30)28(25(23)31)16-18-8-6-7-11-21(18)26/h3-15H,2,16H2,1H3. The van der Waals surface area contributed by atoms with Crippen molar-refractivity contribution in [3.05, 3.63) is 112 Å². The van der Waals surface area contributed by atoms with Gasteiger partial charge in [-0.2, -0.15) is 0 Å². The second-order valence-electron chi connectivity index (χ2n) is 7.40. The largest absolute Gasteiger partial charge is 0.337 e. The van der Waals surface area contributed by atoms with Crippen molar-refractivity contribution in [3.63, 3.8) is 0 Å². The van der Waals surface area contributed by atoms with E-state index in [1.54, 1.807) is 11.0 Å². The number of non-ortho nitro benzene ring substituents is 1. The number of anilines is 1. The summed E-state index contributed by atoms with van der Waals surface area (Å²) in [6.45, 7) is 2.02. The Morgan fingerprint density at radius 1 is 0.909 bits per heavy atom. The fourth-order valence-electron chi connectivity index (χ4n) is 3.84. The zero-order valence-corrected chi connectivity index (χ0v) is 17.8. The molecule has 0 saturated heterocycles. The van der Waals surface area contributed by atoms with Gasteiger partial charge < -0.3 is 4.90 Å². The number of nitrogens with zero attached hydrogens (tertiary/aromatic N) is 3. The van der Waals surface area contributed by atoms with E-state index in [2.05, 4.69) is 0 Å². The number of nitro benzene ring substituents is 1. The van der Waals surface area contributed by atoms with Crippen molar-refractivity contribution in [2.75, 3.05) is 11.4 Å². The van der Waals surface area contributed by atoms with Crippen LogP contribution in [0.4, 0.5) is 15.8 Å². The Hall–Kier alpha value is -4.33. The molecule has 1 aliphatic rings. The maximum atomic E-state index is 14.3. The molecule has 8 heteroatoms. The van der Waals surface area contributed by atoms with E-state index in [0.717, 1.165) is 4.90 Å². The molecule has 0 aliphatic carbocycles. The Labute approximate surface area is 189 Å². The van der Waals surface area contributed by atoms with Crippen LogP contribution in [-0.2, 0) is 16.1 Å². The molecule has 0 bridgehead atoms. The summed E-state index contributed by atoms with van der Waals surface area (Å²) in [6.07, 6.45) is 0. The number of amides is 2. The van der Waals surface area contributed by atoms with Crippen molar-refractivity contribution in [3.8, 4) is 0 Å². The number of rotatable bonds is 7. The molecule has 7 nitrogen and oxygen atoms in total. The van der Waals surface area contributed by atoms with Crippen molar-refractivity contribution in [1.29, 1.82) is 0 Å². The topological polar surface area (TPSA) is 83.8 Å². The smallest absolute Gasteiger partial charge is 0.278 e. The number of benzene rings is 3. The molecule has 3 aromatic carbocycles. The number of carbonyl (C=O) groups excluding carboxylic acids is 2. The molecule has 166 valence electrons. The zero-order chi connectivity index (χ0) is 23.5. The molecule has 3 aromatic rings. The third-order valence-corrected chi connectivity index (χ3v) is 5.45. The van der Waals surface area contributed by atoms with Gasteiger partial charge in [0.05, 0.1) is 17.0 Å². The van der Waals surface area contributed by atoms with Gasteiger partial charge in [0.15, 0.2) is 0 Å². The third kappa shape index (κ3) is 4.10. The van der Waals surface area contributed by atoms with Gasteiger partial charge in [-0.3, -0.25) is 24.6 Å². The molecule has 0 saturated carbocycles. The van der Waals surface area contributed by atoms with Gasteiger partial charge in [0.25, 0.3) is 17.5 Å². The average molecular weight is 445 g/mol. The summed E-state index contributed by atoms with van der Waals surface area (Å²) in [6, 6.07) is 20.6. The number of nitro groups is 1. The van der Waals surface area contributed by atoms with Crippen LogP contribution < -0.4 is 4.90 Å². The van der Waals surface area contributed by atoms with Crippen LogP contribution in [-0.4, -0.2) is 28.2 Å². The van der Waals surface area contributed by atoms with Gasteiger partial charge in [-0.05, 0) is 42.8 Å². The van der Waals surface area contributed by atoms with Gasteiger partial charge in [-0.25, -0.2) is 4.39 Å². The summed E-state index contributed by atoms with van der Waals surface area (Å²) in [5.41, 5.74) is 1.45. The minimum absolute atomic E-state index is 0.122. The first-order valence-corrected chi connectivity index (χ1v) is 10.3. The second kappa shape index (κ2) is 9.04. The van der Waals surface area contributed by atoms with Crippen molar-refractivity contribution in [1.82, 2.24) is 4.90 Å². The number of para-hydroxylation sites is 1.